The fourth-order valence-electron chi connectivity index (χ4n) is 2.76. The average molecular weight is 479 g/mol. The van der Waals surface area contributed by atoms with Gasteiger partial charge >= 0.3 is 5.97 Å². The van der Waals surface area contributed by atoms with E-state index in [4.69, 9.17) is 4.74 Å². The first-order valence-electron chi connectivity index (χ1n) is 9.48. The number of hydrazone groups is 1. The summed E-state index contributed by atoms with van der Waals surface area (Å²) >= 11 is 0. The molecule has 0 aliphatic rings. The van der Waals surface area contributed by atoms with Crippen molar-refractivity contribution in [1.82, 2.24) is 5.43 Å². The summed E-state index contributed by atoms with van der Waals surface area (Å²) in [5.74, 6) is -1.80. The molecule has 35 heavy (non-hydrogen) atoms. The second-order valence-electron chi connectivity index (χ2n) is 6.68. The van der Waals surface area contributed by atoms with Gasteiger partial charge in [-0.3, -0.25) is 35.1 Å². The van der Waals surface area contributed by atoms with Crippen LogP contribution >= 0.6 is 0 Å². The van der Waals surface area contributed by atoms with Gasteiger partial charge in [0.2, 0.25) is 0 Å². The number of benzene rings is 3. The number of nitrogens with zero attached hydrogens (tertiary/aromatic N) is 4. The third kappa shape index (κ3) is 6.04. The molecular formula is C21H13N5O9. The van der Waals surface area contributed by atoms with Crippen LogP contribution in [0.1, 0.15) is 26.3 Å². The summed E-state index contributed by atoms with van der Waals surface area (Å²) in [7, 11) is 0. The average Bonchev–Trinajstić information content (AvgIpc) is 2.84. The van der Waals surface area contributed by atoms with E-state index >= 15 is 0 Å². The maximum Gasteiger partial charge on any atom is 0.344 e. The smallest absolute Gasteiger partial charge is 0.344 e. The highest BCUT2D eigenvalue weighted by molar-refractivity contribution is 5.98. The summed E-state index contributed by atoms with van der Waals surface area (Å²) in [4.78, 5) is 55.0. The van der Waals surface area contributed by atoms with Crippen molar-refractivity contribution in [2.45, 2.75) is 0 Å². The minimum atomic E-state index is -1.05. The normalized spacial score (nSPS) is 10.5. The molecule has 0 spiro atoms. The lowest BCUT2D eigenvalue weighted by Crippen LogP contribution is -2.18. The van der Waals surface area contributed by atoms with Crippen LogP contribution in [0.15, 0.2) is 71.8 Å². The number of hydrogen-bond acceptors (Lipinski definition) is 10. The van der Waals surface area contributed by atoms with Gasteiger partial charge in [0.25, 0.3) is 23.0 Å². The van der Waals surface area contributed by atoms with Crippen molar-refractivity contribution in [2.24, 2.45) is 5.10 Å². The molecule has 0 heterocycles. The van der Waals surface area contributed by atoms with Crippen molar-refractivity contribution in [3.05, 3.63) is 114 Å². The van der Waals surface area contributed by atoms with Crippen LogP contribution < -0.4 is 10.2 Å². The van der Waals surface area contributed by atoms with E-state index in [2.05, 4.69) is 10.5 Å². The molecule has 0 fully saturated rings. The maximum atomic E-state index is 12.3. The molecule has 0 aliphatic heterocycles. The molecule has 14 nitrogen and oxygen atoms in total. The van der Waals surface area contributed by atoms with Gasteiger partial charge in [0, 0.05) is 18.2 Å². The molecule has 0 unspecified atom stereocenters. The summed E-state index contributed by atoms with van der Waals surface area (Å²) < 4.78 is 5.10. The molecule has 3 aromatic rings. The highest BCUT2D eigenvalue weighted by Gasteiger charge is 2.21. The number of carbonyl (C=O) groups is 2. The molecule has 1 N–H and O–H groups in total. The Hall–Kier alpha value is -5.53. The number of ether oxygens (including phenoxy) is 1. The summed E-state index contributed by atoms with van der Waals surface area (Å²) in [6.07, 6.45) is 1.24. The van der Waals surface area contributed by atoms with Gasteiger partial charge < -0.3 is 4.74 Å². The lowest BCUT2D eigenvalue weighted by atomic mass is 10.1. The Labute approximate surface area is 194 Å². The Balaban J connectivity index is 1.67. The number of nitrogens with one attached hydrogen (secondary N) is 1. The minimum Gasteiger partial charge on any atom is -0.423 e. The number of hydrogen-bond donors (Lipinski definition) is 1. The van der Waals surface area contributed by atoms with Crippen molar-refractivity contribution in [1.29, 1.82) is 0 Å². The van der Waals surface area contributed by atoms with E-state index < -0.39 is 38.0 Å². The van der Waals surface area contributed by atoms with Crippen LogP contribution in [0.5, 0.6) is 5.75 Å². The zero-order valence-corrected chi connectivity index (χ0v) is 17.4. The molecule has 1 amide bonds. The second-order valence-corrected chi connectivity index (χ2v) is 6.68. The van der Waals surface area contributed by atoms with Crippen LogP contribution in [0.3, 0.4) is 0 Å². The van der Waals surface area contributed by atoms with Crippen LogP contribution in [0.2, 0.25) is 0 Å². The number of nitro groups is 3. The number of esters is 1. The van der Waals surface area contributed by atoms with E-state index in [1.807, 2.05) is 0 Å². The quantitative estimate of drug-likeness (QED) is 0.165. The first-order valence-corrected chi connectivity index (χ1v) is 9.48. The fraction of sp³-hybridized carbons (Fsp3) is 0. The van der Waals surface area contributed by atoms with Gasteiger partial charge in [-0.05, 0) is 35.9 Å². The van der Waals surface area contributed by atoms with Gasteiger partial charge in [-0.25, -0.2) is 10.2 Å². The van der Waals surface area contributed by atoms with Crippen molar-refractivity contribution in [3.8, 4) is 5.75 Å². The summed E-state index contributed by atoms with van der Waals surface area (Å²) in [5.41, 5.74) is 0.428. The standard InChI is InChI=1S/C21H13N5O9/c27-20(18-3-1-2-4-19(18)26(33)34)23-22-12-13-5-7-17(8-6-13)35-21(28)14-9-15(24(29)30)11-16(10-14)25(31)32/h1-12H,(H,23,27). The van der Waals surface area contributed by atoms with E-state index in [0.29, 0.717) is 5.56 Å². The van der Waals surface area contributed by atoms with Crippen molar-refractivity contribution >= 4 is 35.2 Å². The van der Waals surface area contributed by atoms with Crippen LogP contribution in [0.25, 0.3) is 0 Å². The molecule has 0 atom stereocenters. The van der Waals surface area contributed by atoms with Crippen LogP contribution in [0, 0.1) is 30.3 Å². The second kappa shape index (κ2) is 10.4. The SMILES string of the molecule is O=C(Oc1ccc(C=NNC(=O)c2ccccc2[N+](=O)[O-])cc1)c1cc([N+](=O)[O-])cc([N+](=O)[O-])c1. The highest BCUT2D eigenvalue weighted by Crippen LogP contribution is 2.24. The Morgan fingerprint density at radius 2 is 1.43 bits per heavy atom. The first kappa shape index (κ1) is 24.1. The van der Waals surface area contributed by atoms with Gasteiger partial charge in [0.05, 0.1) is 32.6 Å². The van der Waals surface area contributed by atoms with Crippen molar-refractivity contribution in [3.63, 3.8) is 0 Å². The van der Waals surface area contributed by atoms with E-state index in [-0.39, 0.29) is 22.6 Å². The number of non-ortho nitro benzene ring substituents is 2. The molecule has 0 radical (unpaired) electrons. The Kier molecular flexibility index (Phi) is 7.16. The third-order valence-corrected chi connectivity index (χ3v) is 4.38. The van der Waals surface area contributed by atoms with Gasteiger partial charge in [-0.2, -0.15) is 5.10 Å². The first-order chi connectivity index (χ1) is 16.7. The number of nitro benzene ring substituents is 3. The highest BCUT2D eigenvalue weighted by atomic mass is 16.6. The zero-order valence-electron chi connectivity index (χ0n) is 17.4. The topological polar surface area (TPSA) is 197 Å². The molecule has 0 saturated carbocycles. The lowest BCUT2D eigenvalue weighted by molar-refractivity contribution is -0.394. The molecule has 176 valence electrons. The van der Waals surface area contributed by atoms with E-state index in [0.717, 1.165) is 18.2 Å². The van der Waals surface area contributed by atoms with Crippen LogP contribution in [-0.2, 0) is 0 Å². The summed E-state index contributed by atoms with van der Waals surface area (Å²) in [5, 5.41) is 36.7. The Morgan fingerprint density at radius 3 is 2.00 bits per heavy atom. The molecule has 0 bridgehead atoms. The van der Waals surface area contributed by atoms with Crippen molar-refractivity contribution < 1.29 is 29.1 Å². The molecule has 3 aromatic carbocycles. The van der Waals surface area contributed by atoms with Crippen molar-refractivity contribution in [2.75, 3.05) is 0 Å². The number of amides is 1. The number of carbonyl (C=O) groups excluding carboxylic acids is 2. The zero-order chi connectivity index (χ0) is 25.5. The van der Waals surface area contributed by atoms with Crippen LogP contribution in [-0.4, -0.2) is 32.9 Å². The molecule has 14 heteroatoms. The van der Waals surface area contributed by atoms with E-state index in [9.17, 15) is 39.9 Å². The lowest BCUT2D eigenvalue weighted by Gasteiger charge is -2.05. The fourth-order valence-corrected chi connectivity index (χ4v) is 2.76. The monoisotopic (exact) mass is 479 g/mol. The number of para-hydroxylation sites is 1. The largest absolute Gasteiger partial charge is 0.423 e. The van der Waals surface area contributed by atoms with Gasteiger partial charge in [0.15, 0.2) is 0 Å². The molecule has 0 aliphatic carbocycles. The summed E-state index contributed by atoms with van der Waals surface area (Å²) in [6, 6.07) is 13.4. The molecule has 0 aromatic heterocycles. The third-order valence-electron chi connectivity index (χ3n) is 4.38. The van der Waals surface area contributed by atoms with E-state index in [1.165, 1.54) is 54.7 Å². The van der Waals surface area contributed by atoms with Gasteiger partial charge in [-0.1, -0.05) is 12.1 Å². The predicted octanol–water partition coefficient (Wildman–Crippen LogP) is 3.39. The maximum absolute atomic E-state index is 12.3. The predicted molar refractivity (Wildman–Crippen MR) is 119 cm³/mol. The number of rotatable bonds is 8. The van der Waals surface area contributed by atoms with Crippen LogP contribution in [0.4, 0.5) is 17.1 Å². The molecule has 3 rings (SSSR count). The molecule has 0 saturated heterocycles. The summed E-state index contributed by atoms with van der Waals surface area (Å²) in [6.45, 7) is 0. The van der Waals surface area contributed by atoms with Gasteiger partial charge in [0.1, 0.15) is 11.3 Å². The van der Waals surface area contributed by atoms with Gasteiger partial charge in [-0.15, -0.1) is 0 Å². The minimum absolute atomic E-state index is 0.0326. The Bertz CT molecular complexity index is 1340. The Morgan fingerprint density at radius 1 is 0.829 bits per heavy atom. The molecular weight excluding hydrogens is 466 g/mol. The van der Waals surface area contributed by atoms with E-state index in [1.54, 1.807) is 0 Å².